The highest BCUT2D eigenvalue weighted by atomic mass is 16.5. The van der Waals surface area contributed by atoms with Crippen molar-refractivity contribution < 1.29 is 49.0 Å². The summed E-state index contributed by atoms with van der Waals surface area (Å²) >= 11 is 0. The molecule has 44 heavy (non-hydrogen) atoms. The minimum Gasteiger partial charge on any atom is -0.493 e. The molecule has 1 saturated heterocycles. The summed E-state index contributed by atoms with van der Waals surface area (Å²) in [5.74, 6) is -3.52. The first-order valence-corrected chi connectivity index (χ1v) is 13.9. The summed E-state index contributed by atoms with van der Waals surface area (Å²) in [6, 6.07) is 12.2. The molecule has 1 fully saturated rings. The molecule has 3 aromatic rings. The quantitative estimate of drug-likeness (QED) is 0.218. The van der Waals surface area contributed by atoms with E-state index in [1.54, 1.807) is 23.4 Å². The number of aryl methyl sites for hydroxylation is 2. The van der Waals surface area contributed by atoms with Crippen molar-refractivity contribution in [3.05, 3.63) is 58.0 Å². The van der Waals surface area contributed by atoms with Gasteiger partial charge in [0.25, 0.3) is 0 Å². The van der Waals surface area contributed by atoms with Gasteiger partial charge >= 0.3 is 23.6 Å². The van der Waals surface area contributed by atoms with Gasteiger partial charge in [-0.2, -0.15) is 0 Å². The molecule has 0 spiro atoms. The Morgan fingerprint density at radius 2 is 1.64 bits per heavy atom. The van der Waals surface area contributed by atoms with Gasteiger partial charge in [-0.1, -0.05) is 18.2 Å². The van der Waals surface area contributed by atoms with Crippen molar-refractivity contribution in [2.24, 2.45) is 14.1 Å². The van der Waals surface area contributed by atoms with E-state index >= 15 is 0 Å². The molecule has 1 atom stereocenters. The zero-order valence-electron chi connectivity index (χ0n) is 25.2. The monoisotopic (exact) mass is 617 g/mol. The molecule has 1 aromatic heterocycles. The van der Waals surface area contributed by atoms with E-state index in [4.69, 9.17) is 34.6 Å². The summed E-state index contributed by atoms with van der Waals surface area (Å²) in [5, 5.41) is 33.8. The first-order chi connectivity index (χ1) is 20.8. The summed E-state index contributed by atoms with van der Waals surface area (Å²) in [6.07, 6.45) is 0.141. The molecule has 0 saturated carbocycles. The lowest BCUT2D eigenvalue weighted by molar-refractivity contribution is -0.170. The molecule has 1 unspecified atom stereocenters. The van der Waals surface area contributed by atoms with E-state index in [0.717, 1.165) is 66.2 Å². The third-order valence-corrected chi connectivity index (χ3v) is 7.39. The number of aliphatic hydroxyl groups is 1. The van der Waals surface area contributed by atoms with Crippen molar-refractivity contribution in [1.29, 1.82) is 0 Å². The Kier molecular flexibility index (Phi) is 11.5. The molecular formula is C30H39N3O11. The second-order valence-electron chi connectivity index (χ2n) is 10.7. The van der Waals surface area contributed by atoms with Gasteiger partial charge in [0.05, 0.1) is 44.2 Å². The van der Waals surface area contributed by atoms with Gasteiger partial charge in [0.1, 0.15) is 0 Å². The summed E-state index contributed by atoms with van der Waals surface area (Å²) < 4.78 is 20.4. The molecule has 1 aliphatic rings. The number of fused-ring (bicyclic) bond motifs is 1. The zero-order chi connectivity index (χ0) is 32.6. The second kappa shape index (κ2) is 14.9. The third kappa shape index (κ3) is 8.36. The number of hydrogen-bond acceptors (Lipinski definition) is 9. The Morgan fingerprint density at radius 1 is 0.977 bits per heavy atom. The Hall–Kier alpha value is -4.40. The van der Waals surface area contributed by atoms with Gasteiger partial charge in [-0.15, -0.1) is 0 Å². The van der Waals surface area contributed by atoms with Crippen LogP contribution in [-0.4, -0.2) is 91.4 Å². The lowest BCUT2D eigenvalue weighted by Crippen LogP contribution is -2.42. The van der Waals surface area contributed by atoms with Gasteiger partial charge in [0, 0.05) is 45.9 Å². The topological polar surface area (TPSA) is 190 Å². The van der Waals surface area contributed by atoms with Crippen molar-refractivity contribution in [2.75, 3.05) is 27.4 Å². The maximum Gasteiger partial charge on any atom is 0.336 e. The number of benzene rings is 2. The summed E-state index contributed by atoms with van der Waals surface area (Å²) in [7, 11) is 6.96. The number of carboxylic acids is 3. The van der Waals surface area contributed by atoms with Gasteiger partial charge in [-0.3, -0.25) is 23.6 Å². The van der Waals surface area contributed by atoms with Crippen LogP contribution < -0.4 is 15.2 Å². The number of carboxylic acid groups (broad SMARTS) is 3. The summed E-state index contributed by atoms with van der Waals surface area (Å²) in [4.78, 5) is 45.2. The fraction of sp³-hybridized carbons (Fsp3) is 0.467. The van der Waals surface area contributed by atoms with E-state index in [1.807, 2.05) is 32.3 Å². The van der Waals surface area contributed by atoms with Crippen molar-refractivity contribution in [1.82, 2.24) is 14.0 Å². The highest BCUT2D eigenvalue weighted by Crippen LogP contribution is 2.32. The molecule has 0 radical (unpaired) electrons. The first kappa shape index (κ1) is 34.1. The predicted molar refractivity (Wildman–Crippen MR) is 158 cm³/mol. The van der Waals surface area contributed by atoms with Crippen LogP contribution in [-0.2, 0) is 46.3 Å². The average molecular weight is 618 g/mol. The van der Waals surface area contributed by atoms with Crippen molar-refractivity contribution in [2.45, 2.75) is 50.5 Å². The number of carbonyl (C=O) groups is 3. The van der Waals surface area contributed by atoms with E-state index in [0.29, 0.717) is 6.54 Å². The Labute approximate surface area is 253 Å². The SMILES string of the molecule is COc1cccc(CN(Cc2ccc3c(c2)n(C)c(=O)n3C)CC2CCCO2)c1OC.O=C(O)CC(O)(CC(=O)O)C(=O)O. The fourth-order valence-corrected chi connectivity index (χ4v) is 5.20. The standard InChI is InChI=1S/C24H31N3O4.C6H8O7/c1-25-20-11-10-17(13-21(20)26(2)24(25)28)14-27(16-19-8-6-12-31-19)15-18-7-5-9-22(29-3)23(18)30-4;7-3(8)1-6(13,5(11)12)2-4(9)10/h5,7,9-11,13,19H,6,8,12,14-16H2,1-4H3;13H,1-2H2,(H,7,8)(H,9,10)(H,11,12). The van der Waals surface area contributed by atoms with Crippen molar-refractivity contribution >= 4 is 28.9 Å². The van der Waals surface area contributed by atoms with E-state index in [-0.39, 0.29) is 11.8 Å². The molecule has 4 rings (SSSR count). The fourth-order valence-electron chi connectivity index (χ4n) is 5.20. The number of ether oxygens (including phenoxy) is 3. The van der Waals surface area contributed by atoms with Crippen LogP contribution in [0, 0.1) is 0 Å². The number of rotatable bonds is 13. The number of aliphatic carboxylic acids is 3. The van der Waals surface area contributed by atoms with Crippen LogP contribution in [0.2, 0.25) is 0 Å². The van der Waals surface area contributed by atoms with Gasteiger partial charge in [0.2, 0.25) is 0 Å². The number of aromatic nitrogens is 2. The van der Waals surface area contributed by atoms with Crippen LogP contribution in [0.1, 0.15) is 36.8 Å². The average Bonchev–Trinajstić information content (AvgIpc) is 3.54. The molecular weight excluding hydrogens is 578 g/mol. The van der Waals surface area contributed by atoms with E-state index in [2.05, 4.69) is 23.1 Å². The second-order valence-corrected chi connectivity index (χ2v) is 10.7. The molecule has 0 bridgehead atoms. The summed E-state index contributed by atoms with van der Waals surface area (Å²) in [5.41, 5.74) is 1.38. The highest BCUT2D eigenvalue weighted by molar-refractivity contribution is 5.88. The molecule has 4 N–H and O–H groups in total. The summed E-state index contributed by atoms with van der Waals surface area (Å²) in [6.45, 7) is 3.14. The lowest BCUT2D eigenvalue weighted by Gasteiger charge is -2.26. The number of imidazole rings is 1. The molecule has 0 amide bonds. The van der Waals surface area contributed by atoms with Crippen molar-refractivity contribution in [3.8, 4) is 11.5 Å². The molecule has 240 valence electrons. The van der Waals surface area contributed by atoms with E-state index in [1.165, 1.54) is 0 Å². The molecule has 0 aliphatic carbocycles. The van der Waals surface area contributed by atoms with Gasteiger partial charge in [-0.05, 0) is 36.6 Å². The van der Waals surface area contributed by atoms with E-state index < -0.39 is 36.4 Å². The Bertz CT molecular complexity index is 1520. The van der Waals surface area contributed by atoms with Crippen LogP contribution in [0.3, 0.4) is 0 Å². The minimum absolute atomic E-state index is 0.00974. The number of para-hydroxylation sites is 1. The smallest absolute Gasteiger partial charge is 0.336 e. The van der Waals surface area contributed by atoms with Crippen LogP contribution in [0.25, 0.3) is 11.0 Å². The van der Waals surface area contributed by atoms with Crippen LogP contribution in [0.4, 0.5) is 0 Å². The number of methoxy groups -OCH3 is 2. The van der Waals surface area contributed by atoms with Gasteiger partial charge in [0.15, 0.2) is 17.1 Å². The zero-order valence-corrected chi connectivity index (χ0v) is 25.2. The molecule has 2 aromatic carbocycles. The minimum atomic E-state index is -2.74. The van der Waals surface area contributed by atoms with Crippen LogP contribution >= 0.6 is 0 Å². The normalized spacial score (nSPS) is 14.7. The van der Waals surface area contributed by atoms with Gasteiger partial charge in [-0.25, -0.2) is 9.59 Å². The Balaban J connectivity index is 0.000000345. The molecule has 14 heteroatoms. The maximum atomic E-state index is 12.3. The van der Waals surface area contributed by atoms with E-state index in [9.17, 15) is 19.2 Å². The molecule has 1 aliphatic heterocycles. The highest BCUT2D eigenvalue weighted by Gasteiger charge is 2.40. The first-order valence-electron chi connectivity index (χ1n) is 13.9. The van der Waals surface area contributed by atoms with Gasteiger partial charge < -0.3 is 34.6 Å². The maximum absolute atomic E-state index is 12.3. The number of nitrogens with zero attached hydrogens (tertiary/aromatic N) is 3. The van der Waals surface area contributed by atoms with Crippen molar-refractivity contribution in [3.63, 3.8) is 0 Å². The number of hydrogen-bond donors (Lipinski definition) is 4. The lowest BCUT2D eigenvalue weighted by atomic mass is 9.96. The van der Waals surface area contributed by atoms with Crippen LogP contribution in [0.5, 0.6) is 11.5 Å². The predicted octanol–water partition coefficient (Wildman–Crippen LogP) is 1.83. The largest absolute Gasteiger partial charge is 0.493 e. The molecule has 2 heterocycles. The van der Waals surface area contributed by atoms with Crippen LogP contribution in [0.15, 0.2) is 41.2 Å². The third-order valence-electron chi connectivity index (χ3n) is 7.39. The molecule has 14 nitrogen and oxygen atoms in total. The Morgan fingerprint density at radius 3 is 2.18 bits per heavy atom.